The molecule has 0 spiro atoms. The summed E-state index contributed by atoms with van der Waals surface area (Å²) in [6, 6.07) is 25.3. The van der Waals surface area contributed by atoms with Crippen LogP contribution in [0.2, 0.25) is 0 Å². The fourth-order valence-corrected chi connectivity index (χ4v) is 3.91. The minimum atomic E-state index is -0.394. The van der Waals surface area contributed by atoms with Gasteiger partial charge in [0.15, 0.2) is 0 Å². The summed E-state index contributed by atoms with van der Waals surface area (Å²) in [4.78, 5) is 10.6. The number of hydrogen-bond donors (Lipinski definition) is 1. The number of non-ortho nitro benzene ring substituents is 1. The minimum Gasteiger partial charge on any atom is -0.340 e. The number of rotatable bonds is 4. The molecule has 1 N–H and O–H groups in total. The third-order valence-corrected chi connectivity index (χ3v) is 5.74. The second kappa shape index (κ2) is 7.81. The van der Waals surface area contributed by atoms with E-state index in [1.807, 2.05) is 10.7 Å². The van der Waals surface area contributed by atoms with Gasteiger partial charge in [0.2, 0.25) is 0 Å². The van der Waals surface area contributed by atoms with Crippen molar-refractivity contribution in [1.29, 1.82) is 0 Å². The Kier molecular flexibility index (Phi) is 4.82. The Balaban J connectivity index is 1.58. The molecule has 0 saturated carbocycles. The van der Waals surface area contributed by atoms with Crippen molar-refractivity contribution >= 4 is 17.2 Å². The van der Waals surface area contributed by atoms with Crippen LogP contribution in [0.5, 0.6) is 0 Å². The second-order valence-corrected chi connectivity index (χ2v) is 8.09. The number of nitro benzene ring substituents is 1. The molecule has 5 rings (SSSR count). The Morgan fingerprint density at radius 3 is 2.09 bits per heavy atom. The number of aromatic nitrogens is 2. The van der Waals surface area contributed by atoms with Gasteiger partial charge >= 0.3 is 0 Å². The number of nitro groups is 1. The van der Waals surface area contributed by atoms with Crippen molar-refractivity contribution in [3.63, 3.8) is 0 Å². The summed E-state index contributed by atoms with van der Waals surface area (Å²) >= 11 is 0. The van der Waals surface area contributed by atoms with E-state index in [2.05, 4.69) is 73.8 Å². The van der Waals surface area contributed by atoms with Crippen molar-refractivity contribution in [2.75, 3.05) is 5.32 Å². The maximum absolute atomic E-state index is 11.0. The molecule has 0 aliphatic carbocycles. The van der Waals surface area contributed by atoms with Gasteiger partial charge in [-0.05, 0) is 43.2 Å². The largest absolute Gasteiger partial charge is 0.340 e. The number of nitrogens with zero attached hydrogens (tertiary/aromatic N) is 3. The average molecular weight is 422 g/mol. The van der Waals surface area contributed by atoms with Gasteiger partial charge in [-0.2, -0.15) is 5.10 Å². The zero-order chi connectivity index (χ0) is 22.2. The summed E-state index contributed by atoms with van der Waals surface area (Å²) in [6.07, 6.45) is 2.19. The maximum atomic E-state index is 11.0. The predicted molar refractivity (Wildman–Crippen MR) is 126 cm³/mol. The first-order chi connectivity index (χ1) is 15.5. The quantitative estimate of drug-likeness (QED) is 0.317. The molecule has 6 nitrogen and oxygen atoms in total. The number of fused-ring (bicyclic) bond motifs is 1. The lowest BCUT2D eigenvalue weighted by atomic mass is 10.00. The van der Waals surface area contributed by atoms with Crippen molar-refractivity contribution in [2.45, 2.75) is 19.9 Å². The third kappa shape index (κ3) is 3.67. The fraction of sp³-hybridized carbons (Fsp3) is 0.115. The molecule has 2 heterocycles. The van der Waals surface area contributed by atoms with Gasteiger partial charge in [-0.15, -0.1) is 0 Å². The smallest absolute Gasteiger partial charge is 0.269 e. The molecule has 32 heavy (non-hydrogen) atoms. The first-order valence-corrected chi connectivity index (χ1v) is 10.4. The van der Waals surface area contributed by atoms with Gasteiger partial charge in [0, 0.05) is 29.5 Å². The van der Waals surface area contributed by atoms with Crippen LogP contribution in [0, 0.1) is 24.0 Å². The Labute approximate surface area is 186 Å². The lowest BCUT2D eigenvalue weighted by molar-refractivity contribution is -0.384. The molecule has 1 atom stereocenters. The average Bonchev–Trinajstić information content (AvgIpc) is 3.24. The lowest BCUT2D eigenvalue weighted by Crippen LogP contribution is -2.19. The van der Waals surface area contributed by atoms with E-state index in [4.69, 9.17) is 5.10 Å². The molecule has 0 fully saturated rings. The Morgan fingerprint density at radius 1 is 0.875 bits per heavy atom. The highest BCUT2D eigenvalue weighted by molar-refractivity contribution is 5.80. The molecule has 1 aromatic heterocycles. The van der Waals surface area contributed by atoms with E-state index in [0.717, 1.165) is 33.9 Å². The van der Waals surface area contributed by atoms with E-state index in [1.165, 1.54) is 23.3 Å². The molecule has 0 saturated heterocycles. The Bertz CT molecular complexity index is 1320. The molecule has 158 valence electrons. The topological polar surface area (TPSA) is 73.0 Å². The summed E-state index contributed by atoms with van der Waals surface area (Å²) in [6.45, 7) is 4.15. The minimum absolute atomic E-state index is 0.0664. The van der Waals surface area contributed by atoms with Crippen molar-refractivity contribution in [3.8, 4) is 11.3 Å². The monoisotopic (exact) mass is 422 g/mol. The summed E-state index contributed by atoms with van der Waals surface area (Å²) < 4.78 is 1.97. The van der Waals surface area contributed by atoms with Crippen molar-refractivity contribution < 1.29 is 4.92 Å². The van der Waals surface area contributed by atoms with E-state index in [1.54, 1.807) is 12.1 Å². The molecule has 0 amide bonds. The molecule has 0 unspecified atom stereocenters. The van der Waals surface area contributed by atoms with Crippen LogP contribution in [0.3, 0.4) is 0 Å². The number of hydrogen-bond acceptors (Lipinski definition) is 4. The Hall–Kier alpha value is -4.19. The van der Waals surface area contributed by atoms with Crippen LogP contribution in [0.15, 0.2) is 84.9 Å². The van der Waals surface area contributed by atoms with Crippen LogP contribution in [0.4, 0.5) is 11.5 Å². The van der Waals surface area contributed by atoms with Crippen LogP contribution < -0.4 is 5.32 Å². The molecular weight excluding hydrogens is 400 g/mol. The van der Waals surface area contributed by atoms with Crippen LogP contribution in [-0.4, -0.2) is 14.7 Å². The van der Waals surface area contributed by atoms with Crippen molar-refractivity contribution in [1.82, 2.24) is 9.78 Å². The molecule has 0 radical (unpaired) electrons. The van der Waals surface area contributed by atoms with Gasteiger partial charge < -0.3 is 5.32 Å². The third-order valence-electron chi connectivity index (χ3n) is 5.74. The van der Waals surface area contributed by atoms with Crippen LogP contribution in [0.1, 0.15) is 28.3 Å². The standard InChI is InChI=1S/C26H22N4O2/c1-17-3-7-19(8-4-17)23-15-25(21-9-5-18(2)6-10-21)29-26(27-23)16-24(28-29)20-11-13-22(14-12-20)30(31)32/h3-16,25,27H,1-2H3/t25-/m0/s1. The SMILES string of the molecule is Cc1ccc(C2=C[C@@H](c3ccc(C)cc3)n3nc(-c4ccc([N+](=O)[O-])cc4)cc3N2)cc1. The molecule has 1 aliphatic rings. The zero-order valence-electron chi connectivity index (χ0n) is 17.8. The molecular formula is C26H22N4O2. The number of benzene rings is 3. The van der Waals surface area contributed by atoms with E-state index >= 15 is 0 Å². The Morgan fingerprint density at radius 2 is 1.47 bits per heavy atom. The highest BCUT2D eigenvalue weighted by atomic mass is 16.6. The van der Waals surface area contributed by atoms with E-state index in [-0.39, 0.29) is 11.7 Å². The van der Waals surface area contributed by atoms with Gasteiger partial charge in [0.1, 0.15) is 5.82 Å². The molecule has 4 aromatic rings. The van der Waals surface area contributed by atoms with Crippen molar-refractivity contribution in [3.05, 3.63) is 117 Å². The van der Waals surface area contributed by atoms with Crippen LogP contribution >= 0.6 is 0 Å². The number of allylic oxidation sites excluding steroid dienone is 1. The summed E-state index contributed by atoms with van der Waals surface area (Å²) in [7, 11) is 0. The second-order valence-electron chi connectivity index (χ2n) is 8.09. The van der Waals surface area contributed by atoms with Crippen LogP contribution in [0.25, 0.3) is 17.0 Å². The summed E-state index contributed by atoms with van der Waals surface area (Å²) in [5.74, 6) is 0.877. The molecule has 3 aromatic carbocycles. The van der Waals surface area contributed by atoms with E-state index in [9.17, 15) is 10.1 Å². The highest BCUT2D eigenvalue weighted by Gasteiger charge is 2.24. The number of nitrogens with one attached hydrogen (secondary N) is 1. The van der Waals surface area contributed by atoms with Gasteiger partial charge in [-0.1, -0.05) is 59.7 Å². The van der Waals surface area contributed by atoms with Gasteiger partial charge in [0.25, 0.3) is 5.69 Å². The number of anilines is 1. The summed E-state index contributed by atoms with van der Waals surface area (Å²) in [5.41, 5.74) is 7.36. The molecule has 6 heteroatoms. The first-order valence-electron chi connectivity index (χ1n) is 10.4. The fourth-order valence-electron chi connectivity index (χ4n) is 3.91. The number of aryl methyl sites for hydroxylation is 2. The zero-order valence-corrected chi connectivity index (χ0v) is 17.8. The van der Waals surface area contributed by atoms with E-state index < -0.39 is 4.92 Å². The first kappa shape index (κ1) is 19.8. The van der Waals surface area contributed by atoms with Gasteiger partial charge in [-0.3, -0.25) is 10.1 Å². The van der Waals surface area contributed by atoms with Crippen LogP contribution in [-0.2, 0) is 0 Å². The highest BCUT2D eigenvalue weighted by Crippen LogP contribution is 2.36. The lowest BCUT2D eigenvalue weighted by Gasteiger charge is -2.25. The van der Waals surface area contributed by atoms with Gasteiger partial charge in [0.05, 0.1) is 16.7 Å². The maximum Gasteiger partial charge on any atom is 0.269 e. The van der Waals surface area contributed by atoms with Gasteiger partial charge in [-0.25, -0.2) is 4.68 Å². The molecule has 0 bridgehead atoms. The van der Waals surface area contributed by atoms with E-state index in [0.29, 0.717) is 0 Å². The predicted octanol–water partition coefficient (Wildman–Crippen LogP) is 6.13. The normalized spacial score (nSPS) is 14.9. The molecule has 1 aliphatic heterocycles. The summed E-state index contributed by atoms with van der Waals surface area (Å²) in [5, 5.41) is 19.4. The van der Waals surface area contributed by atoms with Crippen molar-refractivity contribution in [2.24, 2.45) is 0 Å².